The van der Waals surface area contributed by atoms with E-state index in [1.807, 2.05) is 0 Å². The first-order valence-electron chi connectivity index (χ1n) is 7.53. The molecule has 1 nitrogen and oxygen atoms in total. The maximum absolute atomic E-state index is 6.54. The molecule has 1 spiro atoms. The molecule has 2 heterocycles. The third-order valence-electron chi connectivity index (χ3n) is 6.00. The van der Waals surface area contributed by atoms with Crippen molar-refractivity contribution in [1.82, 2.24) is 0 Å². The number of ether oxygens (including phenoxy) is 1. The molecule has 2 bridgehead atoms. The van der Waals surface area contributed by atoms with Crippen molar-refractivity contribution in [3.63, 3.8) is 0 Å². The Labute approximate surface area is 106 Å². The fourth-order valence-electron chi connectivity index (χ4n) is 4.65. The lowest BCUT2D eigenvalue weighted by atomic mass is 9.62. The molecule has 3 fully saturated rings. The predicted octanol–water partition coefficient (Wildman–Crippen LogP) is 4.55. The van der Waals surface area contributed by atoms with Crippen molar-refractivity contribution in [3.05, 3.63) is 0 Å². The molecule has 17 heavy (non-hydrogen) atoms. The van der Waals surface area contributed by atoms with Crippen molar-refractivity contribution in [3.8, 4) is 0 Å². The molecule has 3 aliphatic rings. The summed E-state index contributed by atoms with van der Waals surface area (Å²) in [7, 11) is 0. The van der Waals surface area contributed by atoms with E-state index in [0.717, 1.165) is 11.8 Å². The van der Waals surface area contributed by atoms with Gasteiger partial charge < -0.3 is 4.74 Å². The van der Waals surface area contributed by atoms with Crippen molar-refractivity contribution >= 4 is 0 Å². The van der Waals surface area contributed by atoms with E-state index in [4.69, 9.17) is 4.74 Å². The number of hydrogen-bond donors (Lipinski definition) is 0. The minimum atomic E-state index is 0.241. The van der Waals surface area contributed by atoms with Gasteiger partial charge in [-0.2, -0.15) is 0 Å². The minimum Gasteiger partial charge on any atom is -0.369 e. The second-order valence-electron chi connectivity index (χ2n) is 8.19. The highest BCUT2D eigenvalue weighted by Gasteiger charge is 2.57. The van der Waals surface area contributed by atoms with Crippen molar-refractivity contribution in [2.45, 2.75) is 83.8 Å². The molecule has 1 aliphatic carbocycles. The Morgan fingerprint density at radius 2 is 1.76 bits per heavy atom. The Hall–Kier alpha value is -0.0400. The van der Waals surface area contributed by atoms with Gasteiger partial charge in [-0.05, 0) is 69.1 Å². The molecule has 0 radical (unpaired) electrons. The summed E-state index contributed by atoms with van der Waals surface area (Å²) in [6, 6.07) is 0. The van der Waals surface area contributed by atoms with Crippen LogP contribution in [-0.2, 0) is 4.74 Å². The highest BCUT2D eigenvalue weighted by atomic mass is 16.5. The normalized spacial score (nSPS) is 50.1. The lowest BCUT2D eigenvalue weighted by Gasteiger charge is -2.51. The zero-order valence-electron chi connectivity index (χ0n) is 12.0. The quantitative estimate of drug-likeness (QED) is 0.599. The van der Waals surface area contributed by atoms with Gasteiger partial charge >= 0.3 is 0 Å². The summed E-state index contributed by atoms with van der Waals surface area (Å²) in [4.78, 5) is 0. The van der Waals surface area contributed by atoms with Gasteiger partial charge in [-0.1, -0.05) is 20.8 Å². The van der Waals surface area contributed by atoms with Crippen LogP contribution in [0.5, 0.6) is 0 Å². The van der Waals surface area contributed by atoms with Crippen LogP contribution in [0.2, 0.25) is 0 Å². The van der Waals surface area contributed by atoms with E-state index in [-0.39, 0.29) is 5.60 Å². The molecule has 2 saturated heterocycles. The van der Waals surface area contributed by atoms with Crippen LogP contribution in [-0.4, -0.2) is 11.2 Å². The number of fused-ring (bicyclic) bond motifs is 1. The van der Waals surface area contributed by atoms with Gasteiger partial charge in [0.2, 0.25) is 0 Å². The molecule has 3 rings (SSSR count). The lowest BCUT2D eigenvalue weighted by molar-refractivity contribution is -0.186. The summed E-state index contributed by atoms with van der Waals surface area (Å²) in [5.74, 6) is 1.77. The van der Waals surface area contributed by atoms with Crippen molar-refractivity contribution in [2.24, 2.45) is 17.3 Å². The largest absolute Gasteiger partial charge is 0.369 e. The van der Waals surface area contributed by atoms with Crippen molar-refractivity contribution in [1.29, 1.82) is 0 Å². The monoisotopic (exact) mass is 236 g/mol. The third kappa shape index (κ3) is 1.85. The molecule has 98 valence electrons. The molecular weight excluding hydrogens is 208 g/mol. The molecular formula is C16H28O. The van der Waals surface area contributed by atoms with Crippen LogP contribution in [0.1, 0.15) is 72.6 Å². The first-order valence-corrected chi connectivity index (χ1v) is 7.53. The standard InChI is InChI=1S/C16H28O/c1-14(2,3)12-6-8-16-10-9-15(4,17-16)7-5-13(16)11-12/h12-13H,5-11H2,1-4H3. The maximum atomic E-state index is 6.54. The summed E-state index contributed by atoms with van der Waals surface area (Å²) < 4.78 is 6.54. The summed E-state index contributed by atoms with van der Waals surface area (Å²) in [6.07, 6.45) is 9.50. The molecule has 0 N–H and O–H groups in total. The van der Waals surface area contributed by atoms with E-state index in [1.165, 1.54) is 44.9 Å². The summed E-state index contributed by atoms with van der Waals surface area (Å²) in [5, 5.41) is 0. The Morgan fingerprint density at radius 1 is 1.00 bits per heavy atom. The van der Waals surface area contributed by atoms with E-state index in [0.29, 0.717) is 11.0 Å². The van der Waals surface area contributed by atoms with Gasteiger partial charge in [-0.25, -0.2) is 0 Å². The first kappa shape index (κ1) is 12.0. The van der Waals surface area contributed by atoms with E-state index >= 15 is 0 Å². The third-order valence-corrected chi connectivity index (χ3v) is 6.00. The number of hydrogen-bond acceptors (Lipinski definition) is 1. The van der Waals surface area contributed by atoms with E-state index in [1.54, 1.807) is 0 Å². The van der Waals surface area contributed by atoms with E-state index in [2.05, 4.69) is 27.7 Å². The van der Waals surface area contributed by atoms with Gasteiger partial charge in [0, 0.05) is 0 Å². The molecule has 0 aromatic carbocycles. The Morgan fingerprint density at radius 3 is 2.47 bits per heavy atom. The average molecular weight is 236 g/mol. The Bertz CT molecular complexity index is 316. The fourth-order valence-corrected chi connectivity index (χ4v) is 4.65. The molecule has 0 aromatic heterocycles. The van der Waals surface area contributed by atoms with E-state index in [9.17, 15) is 0 Å². The number of rotatable bonds is 0. The zero-order valence-corrected chi connectivity index (χ0v) is 12.0. The molecule has 2 aliphatic heterocycles. The van der Waals surface area contributed by atoms with E-state index < -0.39 is 0 Å². The van der Waals surface area contributed by atoms with Gasteiger partial charge in [-0.15, -0.1) is 0 Å². The second-order valence-corrected chi connectivity index (χ2v) is 8.19. The molecule has 0 amide bonds. The average Bonchev–Trinajstić information content (AvgIpc) is 2.49. The highest BCUT2D eigenvalue weighted by molar-refractivity contribution is 5.06. The summed E-state index contributed by atoms with van der Waals surface area (Å²) in [5.41, 5.74) is 1.03. The van der Waals surface area contributed by atoms with Crippen LogP contribution >= 0.6 is 0 Å². The first-order chi connectivity index (χ1) is 7.83. The van der Waals surface area contributed by atoms with Gasteiger partial charge in [0.05, 0.1) is 11.2 Å². The van der Waals surface area contributed by atoms with Crippen LogP contribution in [0.3, 0.4) is 0 Å². The molecule has 1 saturated carbocycles. The zero-order chi connectivity index (χ0) is 12.3. The Kier molecular flexibility index (Phi) is 2.47. The smallest absolute Gasteiger partial charge is 0.0719 e. The van der Waals surface area contributed by atoms with Crippen LogP contribution in [0.4, 0.5) is 0 Å². The van der Waals surface area contributed by atoms with Gasteiger partial charge in [0.1, 0.15) is 0 Å². The van der Waals surface area contributed by atoms with Gasteiger partial charge in [0.15, 0.2) is 0 Å². The topological polar surface area (TPSA) is 9.23 Å². The Balaban J connectivity index is 1.78. The molecule has 1 heteroatoms. The lowest BCUT2D eigenvalue weighted by Crippen LogP contribution is -2.50. The SMILES string of the molecule is CC12CCC3CC(C(C)(C)C)CCC3(CC1)O2. The fraction of sp³-hybridized carbons (Fsp3) is 1.00. The maximum Gasteiger partial charge on any atom is 0.0719 e. The highest BCUT2D eigenvalue weighted by Crippen LogP contribution is 2.58. The van der Waals surface area contributed by atoms with Crippen LogP contribution in [0, 0.1) is 17.3 Å². The summed E-state index contributed by atoms with van der Waals surface area (Å²) in [6.45, 7) is 9.59. The van der Waals surface area contributed by atoms with Crippen LogP contribution < -0.4 is 0 Å². The second kappa shape index (κ2) is 3.50. The predicted molar refractivity (Wildman–Crippen MR) is 71.0 cm³/mol. The molecule has 0 aromatic rings. The minimum absolute atomic E-state index is 0.241. The van der Waals surface area contributed by atoms with Gasteiger partial charge in [-0.3, -0.25) is 0 Å². The van der Waals surface area contributed by atoms with Crippen molar-refractivity contribution < 1.29 is 4.74 Å². The van der Waals surface area contributed by atoms with Gasteiger partial charge in [0.25, 0.3) is 0 Å². The summed E-state index contributed by atoms with van der Waals surface area (Å²) >= 11 is 0. The van der Waals surface area contributed by atoms with Crippen molar-refractivity contribution in [2.75, 3.05) is 0 Å². The molecule has 4 atom stereocenters. The molecule has 4 unspecified atom stereocenters. The van der Waals surface area contributed by atoms with Crippen LogP contribution in [0.15, 0.2) is 0 Å². The van der Waals surface area contributed by atoms with Crippen LogP contribution in [0.25, 0.3) is 0 Å².